The van der Waals surface area contributed by atoms with Crippen molar-refractivity contribution in [3.8, 4) is 0 Å². The molecule has 1 aromatic rings. The Balaban J connectivity index is 1.78. The highest BCUT2D eigenvalue weighted by atomic mass is 16.5. The van der Waals surface area contributed by atoms with E-state index in [0.717, 1.165) is 26.0 Å². The van der Waals surface area contributed by atoms with Crippen LogP contribution in [0.1, 0.15) is 12.8 Å². The molecule has 0 bridgehead atoms. The lowest BCUT2D eigenvalue weighted by Crippen LogP contribution is -2.18. The van der Waals surface area contributed by atoms with Crippen LogP contribution < -0.4 is 11.1 Å². The fourth-order valence-corrected chi connectivity index (χ4v) is 1.36. The molecule has 1 fully saturated rings. The predicted octanol–water partition coefficient (Wildman–Crippen LogP) is -0.0222. The molecule has 1 aliphatic heterocycles. The Labute approximate surface area is 75.9 Å². The maximum absolute atomic E-state index is 5.42. The highest BCUT2D eigenvalue weighted by Crippen LogP contribution is 2.12. The average Bonchev–Trinajstić information content (AvgIpc) is 2.71. The summed E-state index contributed by atoms with van der Waals surface area (Å²) in [6.07, 6.45) is 2.54. The monoisotopic (exact) mass is 183 g/mol. The van der Waals surface area contributed by atoms with Crippen LogP contribution in [0.2, 0.25) is 0 Å². The van der Waals surface area contributed by atoms with Crippen molar-refractivity contribution in [2.24, 2.45) is 0 Å². The number of nitrogens with one attached hydrogen (secondary N) is 2. The predicted molar refractivity (Wildman–Crippen MR) is 48.3 cm³/mol. The quantitative estimate of drug-likeness (QED) is 0.612. The molecule has 1 atom stereocenters. The summed E-state index contributed by atoms with van der Waals surface area (Å²) in [5, 5.41) is 9.46. The molecule has 4 N–H and O–H groups in total. The van der Waals surface area contributed by atoms with Crippen molar-refractivity contribution < 1.29 is 4.74 Å². The first-order chi connectivity index (χ1) is 6.34. The fourth-order valence-electron chi connectivity index (χ4n) is 1.36. The highest BCUT2D eigenvalue weighted by Gasteiger charge is 2.15. The molecule has 2 heterocycles. The van der Waals surface area contributed by atoms with Gasteiger partial charge in [0.1, 0.15) is 0 Å². The van der Waals surface area contributed by atoms with Gasteiger partial charge in [-0.15, -0.1) is 5.10 Å². The van der Waals surface area contributed by atoms with Crippen molar-refractivity contribution in [1.29, 1.82) is 0 Å². The van der Waals surface area contributed by atoms with Crippen LogP contribution in [0.25, 0.3) is 0 Å². The molecular formula is C7H13N5O. The maximum atomic E-state index is 5.42. The van der Waals surface area contributed by atoms with E-state index in [0.29, 0.717) is 18.0 Å². The molecule has 1 saturated heterocycles. The van der Waals surface area contributed by atoms with Crippen LogP contribution >= 0.6 is 0 Å². The number of anilines is 2. The minimum atomic E-state index is 0.291. The molecule has 0 saturated carbocycles. The first-order valence-corrected chi connectivity index (χ1v) is 4.38. The number of aromatic nitrogens is 3. The number of hydrogen-bond donors (Lipinski definition) is 3. The third-order valence-corrected chi connectivity index (χ3v) is 2.01. The molecular weight excluding hydrogens is 170 g/mol. The first kappa shape index (κ1) is 8.31. The lowest BCUT2D eigenvalue weighted by Gasteiger charge is -2.08. The zero-order valence-electron chi connectivity index (χ0n) is 7.29. The number of nitrogens with zero attached hydrogens (tertiary/aromatic N) is 2. The summed E-state index contributed by atoms with van der Waals surface area (Å²) < 4.78 is 5.42. The first-order valence-electron chi connectivity index (χ1n) is 4.38. The van der Waals surface area contributed by atoms with E-state index in [1.807, 2.05) is 0 Å². The third kappa shape index (κ3) is 2.09. The number of nitrogens with two attached hydrogens (primary N) is 1. The third-order valence-electron chi connectivity index (χ3n) is 2.01. The van der Waals surface area contributed by atoms with E-state index in [1.165, 1.54) is 0 Å². The number of nitrogen functional groups attached to an aromatic ring is 1. The number of ether oxygens (including phenoxy) is 1. The molecule has 2 rings (SSSR count). The van der Waals surface area contributed by atoms with Gasteiger partial charge in [0.15, 0.2) is 0 Å². The summed E-state index contributed by atoms with van der Waals surface area (Å²) in [5.41, 5.74) is 5.36. The Morgan fingerprint density at radius 1 is 1.69 bits per heavy atom. The van der Waals surface area contributed by atoms with Crippen molar-refractivity contribution in [1.82, 2.24) is 15.2 Å². The van der Waals surface area contributed by atoms with Gasteiger partial charge < -0.3 is 15.8 Å². The molecule has 6 nitrogen and oxygen atoms in total. The van der Waals surface area contributed by atoms with Crippen molar-refractivity contribution in [2.75, 3.05) is 24.2 Å². The zero-order valence-corrected chi connectivity index (χ0v) is 7.29. The summed E-state index contributed by atoms with van der Waals surface area (Å²) in [6, 6.07) is 0. The standard InChI is InChI=1S/C7H13N5O/c8-6-10-7(12-11-6)9-4-5-2-1-3-13-5/h5H,1-4H2,(H4,8,9,10,11,12). The van der Waals surface area contributed by atoms with E-state index < -0.39 is 0 Å². The molecule has 0 radical (unpaired) electrons. The van der Waals surface area contributed by atoms with Crippen LogP contribution in [-0.2, 0) is 4.74 Å². The van der Waals surface area contributed by atoms with Gasteiger partial charge in [0, 0.05) is 13.2 Å². The van der Waals surface area contributed by atoms with Gasteiger partial charge >= 0.3 is 0 Å². The molecule has 13 heavy (non-hydrogen) atoms. The Kier molecular flexibility index (Phi) is 2.31. The minimum Gasteiger partial charge on any atom is -0.376 e. The van der Waals surface area contributed by atoms with Crippen LogP contribution in [0, 0.1) is 0 Å². The van der Waals surface area contributed by atoms with Gasteiger partial charge in [0.2, 0.25) is 11.9 Å². The Hall–Kier alpha value is -1.30. The minimum absolute atomic E-state index is 0.291. The van der Waals surface area contributed by atoms with Crippen LogP contribution in [0.3, 0.4) is 0 Å². The van der Waals surface area contributed by atoms with Crippen LogP contribution in [0.15, 0.2) is 0 Å². The molecule has 0 aliphatic carbocycles. The number of aromatic amines is 1. The summed E-state index contributed by atoms with van der Waals surface area (Å²) >= 11 is 0. The van der Waals surface area contributed by atoms with Gasteiger partial charge in [-0.2, -0.15) is 4.98 Å². The number of H-pyrrole nitrogens is 1. The van der Waals surface area contributed by atoms with E-state index in [9.17, 15) is 0 Å². The molecule has 6 heteroatoms. The maximum Gasteiger partial charge on any atom is 0.243 e. The second-order valence-electron chi connectivity index (χ2n) is 3.06. The summed E-state index contributed by atoms with van der Waals surface area (Å²) in [5.74, 6) is 0.864. The summed E-state index contributed by atoms with van der Waals surface area (Å²) in [6.45, 7) is 1.61. The van der Waals surface area contributed by atoms with Gasteiger partial charge in [-0.05, 0) is 12.8 Å². The smallest absolute Gasteiger partial charge is 0.243 e. The van der Waals surface area contributed by atoms with Gasteiger partial charge in [0.25, 0.3) is 0 Å². The van der Waals surface area contributed by atoms with Gasteiger partial charge in [-0.3, -0.25) is 0 Å². The lowest BCUT2D eigenvalue weighted by molar-refractivity contribution is 0.120. The van der Waals surface area contributed by atoms with E-state index in [1.54, 1.807) is 0 Å². The van der Waals surface area contributed by atoms with E-state index >= 15 is 0 Å². The number of rotatable bonds is 3. The molecule has 0 spiro atoms. The molecule has 0 aromatic carbocycles. The molecule has 1 aliphatic rings. The van der Waals surface area contributed by atoms with E-state index in [4.69, 9.17) is 10.5 Å². The second-order valence-corrected chi connectivity index (χ2v) is 3.06. The lowest BCUT2D eigenvalue weighted by atomic mass is 10.2. The van der Waals surface area contributed by atoms with Crippen LogP contribution in [0.4, 0.5) is 11.9 Å². The molecule has 1 unspecified atom stereocenters. The normalized spacial score (nSPS) is 22.0. The SMILES string of the molecule is Nc1nc(NCC2CCCO2)n[nH]1. The van der Waals surface area contributed by atoms with Crippen LogP contribution in [-0.4, -0.2) is 34.4 Å². The Bertz CT molecular complexity index is 268. The fraction of sp³-hybridized carbons (Fsp3) is 0.714. The van der Waals surface area contributed by atoms with Gasteiger partial charge in [0.05, 0.1) is 6.10 Å². The Morgan fingerprint density at radius 2 is 2.62 bits per heavy atom. The summed E-state index contributed by atoms with van der Waals surface area (Å²) in [4.78, 5) is 3.92. The van der Waals surface area contributed by atoms with Crippen molar-refractivity contribution in [2.45, 2.75) is 18.9 Å². The highest BCUT2D eigenvalue weighted by molar-refractivity contribution is 5.29. The molecule has 1 aromatic heterocycles. The largest absolute Gasteiger partial charge is 0.376 e. The molecule has 72 valence electrons. The number of hydrogen-bond acceptors (Lipinski definition) is 5. The summed E-state index contributed by atoms with van der Waals surface area (Å²) in [7, 11) is 0. The van der Waals surface area contributed by atoms with Crippen LogP contribution in [0.5, 0.6) is 0 Å². The van der Waals surface area contributed by atoms with Crippen molar-refractivity contribution >= 4 is 11.9 Å². The van der Waals surface area contributed by atoms with E-state index in [2.05, 4.69) is 20.5 Å². The molecule has 0 amide bonds. The van der Waals surface area contributed by atoms with E-state index in [-0.39, 0.29) is 0 Å². The van der Waals surface area contributed by atoms with Gasteiger partial charge in [-0.25, -0.2) is 5.10 Å². The topological polar surface area (TPSA) is 88.8 Å². The average molecular weight is 183 g/mol. The van der Waals surface area contributed by atoms with Crippen molar-refractivity contribution in [3.63, 3.8) is 0 Å². The second kappa shape index (κ2) is 3.61. The Morgan fingerprint density at radius 3 is 3.23 bits per heavy atom. The van der Waals surface area contributed by atoms with Gasteiger partial charge in [-0.1, -0.05) is 0 Å². The zero-order chi connectivity index (χ0) is 9.10. The van der Waals surface area contributed by atoms with Crippen molar-refractivity contribution in [3.05, 3.63) is 0 Å².